The van der Waals surface area contributed by atoms with Crippen molar-refractivity contribution in [3.05, 3.63) is 65.4 Å². The van der Waals surface area contributed by atoms with Crippen LogP contribution in [0.4, 0.5) is 13.9 Å². The van der Waals surface area contributed by atoms with Gasteiger partial charge in [0.05, 0.1) is 20.8 Å². The zero-order valence-electron chi connectivity index (χ0n) is 19.6. The normalized spacial score (nSPS) is 15.3. The summed E-state index contributed by atoms with van der Waals surface area (Å²) in [4.78, 5) is 15.6. The number of anilines is 1. The van der Waals surface area contributed by atoms with Crippen LogP contribution in [0.5, 0.6) is 17.4 Å². The van der Waals surface area contributed by atoms with Crippen LogP contribution in [-0.2, 0) is 9.53 Å². The standard InChI is InChI=1S/C25H24F2N2O5S/c1-5-33-23(31)19-14(2)28(3)25-29(22(30)21(35-25)15-9-7-6-8-10-15)20(19)16-11-12-17(34-24(26)27)18(13-16)32-4/h6-13,20,24H,5H2,1-4H3/p+1. The smallest absolute Gasteiger partial charge is 0.387 e. The molecule has 4 rings (SSSR count). The fourth-order valence-corrected chi connectivity index (χ4v) is 5.30. The second kappa shape index (κ2) is 9.91. The molecule has 1 aliphatic heterocycles. The number of aromatic nitrogens is 1. The molecule has 1 unspecified atom stereocenters. The lowest BCUT2D eigenvalue weighted by Crippen LogP contribution is -2.50. The van der Waals surface area contributed by atoms with Crippen molar-refractivity contribution in [2.24, 2.45) is 0 Å². The minimum Gasteiger partial charge on any atom is -0.493 e. The molecule has 0 saturated heterocycles. The fourth-order valence-electron chi connectivity index (χ4n) is 4.11. The van der Waals surface area contributed by atoms with E-state index in [0.717, 1.165) is 5.56 Å². The molecule has 2 aromatic carbocycles. The number of methoxy groups -OCH3 is 1. The predicted molar refractivity (Wildman–Crippen MR) is 127 cm³/mol. The molecule has 7 nitrogen and oxygen atoms in total. The number of thiazole rings is 1. The molecular formula is C25H25F2N2O5S+. The van der Waals surface area contributed by atoms with E-state index in [-0.39, 0.29) is 24.0 Å². The first kappa shape index (κ1) is 24.5. The summed E-state index contributed by atoms with van der Waals surface area (Å²) in [6, 6.07) is 13.1. The van der Waals surface area contributed by atoms with Crippen molar-refractivity contribution in [3.63, 3.8) is 0 Å². The minimum atomic E-state index is -3.02. The molecule has 0 bridgehead atoms. The number of rotatable bonds is 7. The molecule has 1 aromatic heterocycles. The molecule has 3 aromatic rings. The summed E-state index contributed by atoms with van der Waals surface area (Å²) in [5.74, 6) is -0.641. The van der Waals surface area contributed by atoms with E-state index in [2.05, 4.69) is 4.74 Å². The van der Waals surface area contributed by atoms with Gasteiger partial charge >= 0.3 is 23.6 Å². The van der Waals surface area contributed by atoms with E-state index in [1.807, 2.05) is 42.3 Å². The monoisotopic (exact) mass is 503 g/mol. The summed E-state index contributed by atoms with van der Waals surface area (Å²) in [6.45, 7) is 0.653. The third-order valence-corrected chi connectivity index (χ3v) is 7.07. The van der Waals surface area contributed by atoms with Crippen LogP contribution >= 0.6 is 11.3 Å². The number of fused-ring (bicyclic) bond motifs is 1. The number of hydrogen-bond donors (Lipinski definition) is 1. The first-order valence-corrected chi connectivity index (χ1v) is 11.7. The van der Waals surface area contributed by atoms with E-state index in [1.54, 1.807) is 24.5 Å². The Bertz CT molecular complexity index is 1280. The highest BCUT2D eigenvalue weighted by Crippen LogP contribution is 2.45. The summed E-state index contributed by atoms with van der Waals surface area (Å²) < 4.78 is 42.6. The Hall–Kier alpha value is -3.66. The zero-order chi connectivity index (χ0) is 25.3. The number of hydrogen-bond acceptors (Lipinski definition) is 7. The SMILES string of the molecule is CCOC(=O)C1=C(C)N(C)c2sc(-c3ccccc3)c(O)[n+]2C1c1ccc(OC(F)F)c(OC)c1. The summed E-state index contributed by atoms with van der Waals surface area (Å²) in [7, 11) is 3.15. The number of nitrogens with zero attached hydrogens (tertiary/aromatic N) is 2. The Morgan fingerprint density at radius 1 is 1.20 bits per heavy atom. The lowest BCUT2D eigenvalue weighted by atomic mass is 9.94. The van der Waals surface area contributed by atoms with Crippen molar-refractivity contribution in [1.82, 2.24) is 0 Å². The van der Waals surface area contributed by atoms with Gasteiger partial charge in [-0.25, -0.2) is 9.69 Å². The van der Waals surface area contributed by atoms with E-state index in [4.69, 9.17) is 9.47 Å². The maximum absolute atomic E-state index is 13.1. The van der Waals surface area contributed by atoms with Crippen LogP contribution in [0.15, 0.2) is 59.8 Å². The third kappa shape index (κ3) is 4.41. The predicted octanol–water partition coefficient (Wildman–Crippen LogP) is 4.89. The second-order valence-corrected chi connectivity index (χ2v) is 8.72. The van der Waals surface area contributed by atoms with Crippen LogP contribution in [0.2, 0.25) is 0 Å². The molecule has 35 heavy (non-hydrogen) atoms. The Balaban J connectivity index is 1.95. The summed E-state index contributed by atoms with van der Waals surface area (Å²) >= 11 is 1.37. The number of carbonyl (C=O) groups excluding carboxylic acids is 1. The van der Waals surface area contributed by atoms with Crippen LogP contribution in [0.25, 0.3) is 10.4 Å². The molecule has 0 aliphatic carbocycles. The van der Waals surface area contributed by atoms with E-state index in [9.17, 15) is 18.7 Å². The molecule has 1 aliphatic rings. The van der Waals surface area contributed by atoms with Crippen LogP contribution < -0.4 is 18.9 Å². The van der Waals surface area contributed by atoms with Crippen molar-refractivity contribution in [2.45, 2.75) is 26.5 Å². The van der Waals surface area contributed by atoms with E-state index in [0.29, 0.717) is 26.8 Å². The highest BCUT2D eigenvalue weighted by Gasteiger charge is 2.45. The molecule has 0 spiro atoms. The van der Waals surface area contributed by atoms with Gasteiger partial charge in [0.2, 0.25) is 0 Å². The van der Waals surface area contributed by atoms with Crippen molar-refractivity contribution in [2.75, 3.05) is 25.7 Å². The molecule has 10 heteroatoms. The molecule has 184 valence electrons. The average molecular weight is 504 g/mol. The van der Waals surface area contributed by atoms with E-state index >= 15 is 0 Å². The summed E-state index contributed by atoms with van der Waals surface area (Å²) in [6.07, 6.45) is 0. The topological polar surface area (TPSA) is 72.1 Å². The Morgan fingerprint density at radius 3 is 2.54 bits per heavy atom. The van der Waals surface area contributed by atoms with E-state index < -0.39 is 18.6 Å². The van der Waals surface area contributed by atoms with Gasteiger partial charge in [-0.1, -0.05) is 36.4 Å². The number of carbonyl (C=O) groups is 1. The molecule has 2 heterocycles. The molecule has 0 fully saturated rings. The van der Waals surface area contributed by atoms with Gasteiger partial charge in [0.15, 0.2) is 17.5 Å². The van der Waals surface area contributed by atoms with Gasteiger partial charge in [0.1, 0.15) is 16.1 Å². The summed E-state index contributed by atoms with van der Waals surface area (Å²) in [5.41, 5.74) is 2.29. The number of aromatic hydroxyl groups is 1. The van der Waals surface area contributed by atoms with Gasteiger partial charge in [-0.15, -0.1) is 0 Å². The Kier molecular flexibility index (Phi) is 6.93. The largest absolute Gasteiger partial charge is 0.493 e. The van der Waals surface area contributed by atoms with Crippen molar-refractivity contribution in [3.8, 4) is 27.8 Å². The quantitative estimate of drug-likeness (QED) is 0.366. The van der Waals surface area contributed by atoms with Gasteiger partial charge in [0.25, 0.3) is 0 Å². The molecule has 1 N–H and O–H groups in total. The number of halogens is 2. The first-order chi connectivity index (χ1) is 16.8. The highest BCUT2D eigenvalue weighted by atomic mass is 32.1. The maximum atomic E-state index is 13.1. The van der Waals surface area contributed by atoms with Gasteiger partial charge in [-0.05, 0) is 42.9 Å². The van der Waals surface area contributed by atoms with Gasteiger partial charge in [-0.2, -0.15) is 13.3 Å². The van der Waals surface area contributed by atoms with Crippen LogP contribution in [-0.4, -0.2) is 38.5 Å². The number of ether oxygens (including phenoxy) is 3. The van der Waals surface area contributed by atoms with Gasteiger partial charge in [0, 0.05) is 5.56 Å². The van der Waals surface area contributed by atoms with Crippen molar-refractivity contribution in [1.29, 1.82) is 0 Å². The van der Waals surface area contributed by atoms with Gasteiger partial charge < -0.3 is 19.3 Å². The number of allylic oxidation sites excluding steroid dienone is 1. The summed E-state index contributed by atoms with van der Waals surface area (Å²) in [5, 5.41) is 12.1. The lowest BCUT2D eigenvalue weighted by Gasteiger charge is -2.28. The lowest BCUT2D eigenvalue weighted by molar-refractivity contribution is -0.695. The molecular weight excluding hydrogens is 478 g/mol. The average Bonchev–Trinajstić information content (AvgIpc) is 3.19. The Morgan fingerprint density at radius 2 is 1.91 bits per heavy atom. The second-order valence-electron chi connectivity index (χ2n) is 7.74. The zero-order valence-corrected chi connectivity index (χ0v) is 20.4. The maximum Gasteiger partial charge on any atom is 0.387 e. The van der Waals surface area contributed by atoms with E-state index in [1.165, 1.54) is 30.6 Å². The highest BCUT2D eigenvalue weighted by molar-refractivity contribution is 7.18. The third-order valence-electron chi connectivity index (χ3n) is 5.79. The fraction of sp³-hybridized carbons (Fsp3) is 0.280. The number of alkyl halides is 2. The minimum absolute atomic E-state index is 0.0331. The number of esters is 1. The molecule has 0 radical (unpaired) electrons. The van der Waals surface area contributed by atoms with Crippen molar-refractivity contribution < 1.29 is 37.5 Å². The van der Waals surface area contributed by atoms with Crippen LogP contribution in [0.1, 0.15) is 25.5 Å². The molecule has 0 saturated carbocycles. The van der Waals surface area contributed by atoms with Gasteiger partial charge in [-0.3, -0.25) is 0 Å². The Labute approximate surface area is 205 Å². The number of benzene rings is 2. The van der Waals surface area contributed by atoms with Crippen molar-refractivity contribution >= 4 is 22.4 Å². The van der Waals surface area contributed by atoms with Crippen LogP contribution in [0.3, 0.4) is 0 Å². The first-order valence-electron chi connectivity index (χ1n) is 10.9. The molecule has 1 atom stereocenters. The molecule has 0 amide bonds. The van der Waals surface area contributed by atoms with Crippen LogP contribution in [0, 0.1) is 0 Å².